The number of nitrogens with two attached hydrogens (primary N) is 2. The van der Waals surface area contributed by atoms with Gasteiger partial charge in [-0.1, -0.05) is 6.42 Å². The van der Waals surface area contributed by atoms with E-state index in [1.807, 2.05) is 4.90 Å². The molecule has 3 unspecified atom stereocenters. The topological polar surface area (TPSA) is 118 Å². The van der Waals surface area contributed by atoms with E-state index in [1.54, 1.807) is 6.07 Å². The van der Waals surface area contributed by atoms with Crippen LogP contribution in [0.4, 0.5) is 0 Å². The second kappa shape index (κ2) is 8.19. The molecule has 2 saturated carbocycles. The van der Waals surface area contributed by atoms with E-state index >= 15 is 0 Å². The lowest BCUT2D eigenvalue weighted by molar-refractivity contribution is -0.139. The van der Waals surface area contributed by atoms with Crippen LogP contribution in [0.5, 0.6) is 0 Å². The van der Waals surface area contributed by atoms with Crippen LogP contribution in [0.1, 0.15) is 67.0 Å². The maximum Gasteiger partial charge on any atom is 0.269 e. The molecule has 8 heteroatoms. The van der Waals surface area contributed by atoms with Gasteiger partial charge >= 0.3 is 0 Å². The monoisotopic (exact) mass is 395 g/mol. The molecule has 1 aliphatic heterocycles. The number of primary amides is 1. The summed E-state index contributed by atoms with van der Waals surface area (Å²) < 4.78 is 0. The van der Waals surface area contributed by atoms with Crippen molar-refractivity contribution in [3.8, 4) is 0 Å². The summed E-state index contributed by atoms with van der Waals surface area (Å²) >= 11 is 0. The molecular weight excluding hydrogens is 366 g/mol. The summed E-state index contributed by atoms with van der Waals surface area (Å²) in [5.74, 6) is 1.13. The number of piperidine rings is 1. The fourth-order valence-electron chi connectivity index (χ4n) is 5.35. The first-order valence-electron chi connectivity index (χ1n) is 9.92. The lowest BCUT2D eigenvalue weighted by Crippen LogP contribution is -2.50. The highest BCUT2D eigenvalue weighted by Crippen LogP contribution is 2.42. The van der Waals surface area contributed by atoms with Crippen LogP contribution in [0.25, 0.3) is 0 Å². The molecular formula is C19H30ClN5O2. The molecule has 3 aliphatic rings. The number of carbonyl (C=O) groups is 2. The number of H-pyrrole nitrogens is 1. The van der Waals surface area contributed by atoms with Crippen LogP contribution >= 0.6 is 12.4 Å². The zero-order valence-electron chi connectivity index (χ0n) is 15.6. The van der Waals surface area contributed by atoms with Crippen molar-refractivity contribution in [2.24, 2.45) is 29.2 Å². The number of amides is 2. The molecule has 1 aromatic rings. The first-order valence-corrected chi connectivity index (χ1v) is 9.92. The Morgan fingerprint density at radius 2 is 1.85 bits per heavy atom. The van der Waals surface area contributed by atoms with Crippen molar-refractivity contribution in [1.82, 2.24) is 15.1 Å². The molecule has 5 N–H and O–H groups in total. The summed E-state index contributed by atoms with van der Waals surface area (Å²) in [5, 5.41) is 6.91. The van der Waals surface area contributed by atoms with Gasteiger partial charge in [-0.3, -0.25) is 14.7 Å². The number of hydrogen-bond acceptors (Lipinski definition) is 4. The molecule has 0 radical (unpaired) electrons. The van der Waals surface area contributed by atoms with Crippen molar-refractivity contribution in [3.63, 3.8) is 0 Å². The summed E-state index contributed by atoms with van der Waals surface area (Å²) in [6.45, 7) is 1.52. The molecule has 7 nitrogen and oxygen atoms in total. The van der Waals surface area contributed by atoms with Crippen LogP contribution in [-0.2, 0) is 4.79 Å². The molecule has 2 heterocycles. The van der Waals surface area contributed by atoms with E-state index in [0.29, 0.717) is 30.3 Å². The van der Waals surface area contributed by atoms with Gasteiger partial charge in [-0.05, 0) is 56.4 Å². The molecule has 0 spiro atoms. The van der Waals surface area contributed by atoms with Gasteiger partial charge in [0.05, 0.1) is 0 Å². The summed E-state index contributed by atoms with van der Waals surface area (Å²) in [7, 11) is 0. The third kappa shape index (κ3) is 3.99. The molecule has 0 aromatic carbocycles. The number of aromatic nitrogens is 2. The van der Waals surface area contributed by atoms with Crippen LogP contribution in [0.2, 0.25) is 0 Å². The Hall–Kier alpha value is -1.60. The van der Waals surface area contributed by atoms with Crippen LogP contribution in [0, 0.1) is 17.8 Å². The zero-order valence-corrected chi connectivity index (χ0v) is 16.4. The number of nitrogens with one attached hydrogen (secondary N) is 1. The average Bonchev–Trinajstić information content (AvgIpc) is 3.11. The minimum absolute atomic E-state index is 0. The molecule has 1 saturated heterocycles. The molecule has 2 aliphatic carbocycles. The number of likely N-dealkylation sites (tertiary alicyclic amines) is 1. The molecule has 2 bridgehead atoms. The van der Waals surface area contributed by atoms with E-state index in [1.165, 1.54) is 19.3 Å². The van der Waals surface area contributed by atoms with Crippen LogP contribution in [-0.4, -0.2) is 46.0 Å². The highest BCUT2D eigenvalue weighted by Gasteiger charge is 2.42. The second-order valence-electron chi connectivity index (χ2n) is 8.39. The Morgan fingerprint density at radius 3 is 2.48 bits per heavy atom. The predicted octanol–water partition coefficient (Wildman–Crippen LogP) is 1.79. The van der Waals surface area contributed by atoms with E-state index in [0.717, 1.165) is 37.9 Å². The van der Waals surface area contributed by atoms with E-state index in [9.17, 15) is 9.59 Å². The maximum atomic E-state index is 13.2. The van der Waals surface area contributed by atoms with Gasteiger partial charge in [-0.15, -0.1) is 12.4 Å². The first-order chi connectivity index (χ1) is 12.5. The first kappa shape index (κ1) is 20.1. The normalized spacial score (nSPS) is 33.2. The third-order valence-electron chi connectivity index (χ3n) is 6.79. The smallest absolute Gasteiger partial charge is 0.269 e. The molecule has 27 heavy (non-hydrogen) atoms. The van der Waals surface area contributed by atoms with Gasteiger partial charge in [-0.2, -0.15) is 5.10 Å². The van der Waals surface area contributed by atoms with Crippen molar-refractivity contribution < 1.29 is 9.59 Å². The van der Waals surface area contributed by atoms with E-state index in [-0.39, 0.29) is 29.9 Å². The highest BCUT2D eigenvalue weighted by atomic mass is 35.5. The average molecular weight is 396 g/mol. The maximum absolute atomic E-state index is 13.2. The predicted molar refractivity (Wildman–Crippen MR) is 104 cm³/mol. The molecule has 4 rings (SSSR count). The molecule has 150 valence electrons. The lowest BCUT2D eigenvalue weighted by atomic mass is 9.65. The van der Waals surface area contributed by atoms with Crippen molar-refractivity contribution in [2.75, 3.05) is 13.1 Å². The van der Waals surface area contributed by atoms with E-state index in [4.69, 9.17) is 11.5 Å². The number of halogens is 1. The third-order valence-corrected chi connectivity index (χ3v) is 6.79. The van der Waals surface area contributed by atoms with Crippen LogP contribution in [0.3, 0.4) is 0 Å². The van der Waals surface area contributed by atoms with Crippen molar-refractivity contribution in [1.29, 1.82) is 0 Å². The number of hydrogen-bond donors (Lipinski definition) is 3. The Kier molecular flexibility index (Phi) is 6.11. The molecule has 2 amide bonds. The standard InChI is InChI=1S/C19H29N5O2.ClH/c20-17-11-3-1-4-12(17)8-14(7-11)19(26)24-6-2-5-13(10-24)15-9-16(18(21)25)23-22-15;/h9,11-14,17H,1-8,10,20H2,(H2,21,25)(H,22,23);1H. The SMILES string of the molecule is Cl.NC(=O)c1cc(C2CCCN(C(=O)C3CC4CCCC(C3)C4N)C2)[nH]n1. The number of aromatic amines is 1. The van der Waals surface area contributed by atoms with Gasteiger partial charge in [0, 0.05) is 36.7 Å². The summed E-state index contributed by atoms with van der Waals surface area (Å²) in [5.41, 5.74) is 12.8. The van der Waals surface area contributed by atoms with Gasteiger partial charge in [-0.25, -0.2) is 0 Å². The minimum Gasteiger partial charge on any atom is -0.364 e. The van der Waals surface area contributed by atoms with Crippen molar-refractivity contribution >= 4 is 24.2 Å². The quantitative estimate of drug-likeness (QED) is 0.722. The zero-order chi connectivity index (χ0) is 18.3. The number of nitrogens with zero attached hydrogens (tertiary/aromatic N) is 2. The largest absolute Gasteiger partial charge is 0.364 e. The van der Waals surface area contributed by atoms with Gasteiger partial charge in [0.2, 0.25) is 5.91 Å². The van der Waals surface area contributed by atoms with Crippen LogP contribution < -0.4 is 11.5 Å². The van der Waals surface area contributed by atoms with Gasteiger partial charge in [0.25, 0.3) is 5.91 Å². The summed E-state index contributed by atoms with van der Waals surface area (Å²) in [4.78, 5) is 26.5. The van der Waals surface area contributed by atoms with Gasteiger partial charge < -0.3 is 16.4 Å². The Labute approximate surface area is 166 Å². The summed E-state index contributed by atoms with van der Waals surface area (Å²) in [6.07, 6.45) is 7.48. The van der Waals surface area contributed by atoms with Gasteiger partial charge in [0.15, 0.2) is 0 Å². The van der Waals surface area contributed by atoms with Crippen LogP contribution in [0.15, 0.2) is 6.07 Å². The highest BCUT2D eigenvalue weighted by molar-refractivity contribution is 5.90. The number of rotatable bonds is 3. The molecule has 3 fully saturated rings. The molecule has 3 atom stereocenters. The Balaban J connectivity index is 0.00000210. The van der Waals surface area contributed by atoms with E-state index < -0.39 is 5.91 Å². The van der Waals surface area contributed by atoms with Gasteiger partial charge in [0.1, 0.15) is 5.69 Å². The Bertz CT molecular complexity index is 679. The molecule has 1 aromatic heterocycles. The van der Waals surface area contributed by atoms with Crippen molar-refractivity contribution in [3.05, 3.63) is 17.5 Å². The lowest BCUT2D eigenvalue weighted by Gasteiger charge is -2.45. The fraction of sp³-hybridized carbons (Fsp3) is 0.737. The van der Waals surface area contributed by atoms with Crippen molar-refractivity contribution in [2.45, 2.75) is 56.9 Å². The summed E-state index contributed by atoms with van der Waals surface area (Å²) in [6, 6.07) is 2.02. The Morgan fingerprint density at radius 1 is 1.15 bits per heavy atom. The number of carbonyl (C=O) groups excluding carboxylic acids is 2. The second-order valence-corrected chi connectivity index (χ2v) is 8.39. The number of fused-ring (bicyclic) bond motifs is 2. The fourth-order valence-corrected chi connectivity index (χ4v) is 5.35. The van der Waals surface area contributed by atoms with E-state index in [2.05, 4.69) is 10.2 Å². The minimum atomic E-state index is -0.527.